The quantitative estimate of drug-likeness (QED) is 0.783. The average molecular weight is 360 g/mol. The minimum atomic E-state index is -0.965. The molecule has 1 amide bonds. The summed E-state index contributed by atoms with van der Waals surface area (Å²) < 4.78 is 19.2. The van der Waals surface area contributed by atoms with Gasteiger partial charge in [-0.1, -0.05) is 29.8 Å². The number of rotatable bonds is 6. The van der Waals surface area contributed by atoms with E-state index in [-0.39, 0.29) is 12.1 Å². The van der Waals surface area contributed by atoms with E-state index in [1.54, 1.807) is 6.07 Å². The van der Waals surface area contributed by atoms with E-state index in [4.69, 9.17) is 4.74 Å². The lowest BCUT2D eigenvalue weighted by Gasteiger charge is -2.14. The highest BCUT2D eigenvalue weighted by Gasteiger charge is 2.19. The van der Waals surface area contributed by atoms with Crippen LogP contribution < -0.4 is 5.32 Å². The van der Waals surface area contributed by atoms with Gasteiger partial charge in [-0.2, -0.15) is 0 Å². The second kappa shape index (κ2) is 8.12. The Morgan fingerprint density at radius 3 is 2.57 bits per heavy atom. The van der Waals surface area contributed by atoms with Gasteiger partial charge in [0.05, 0.1) is 5.69 Å². The van der Waals surface area contributed by atoms with Gasteiger partial charge in [0.25, 0.3) is 5.91 Å². The van der Waals surface area contributed by atoms with Crippen LogP contribution >= 0.6 is 15.9 Å². The maximum absolute atomic E-state index is 13.6. The molecule has 1 N–H and O–H groups in total. The van der Waals surface area contributed by atoms with Gasteiger partial charge in [0.1, 0.15) is 5.82 Å². The fraction of sp³-hybridized carbons (Fsp3) is 0.467. The number of nitrogens with one attached hydrogen (secondary N) is 1. The van der Waals surface area contributed by atoms with Crippen LogP contribution in [-0.4, -0.2) is 18.0 Å². The van der Waals surface area contributed by atoms with Crippen molar-refractivity contribution in [2.75, 3.05) is 5.32 Å². The molecule has 0 aliphatic heterocycles. The van der Waals surface area contributed by atoms with E-state index in [2.05, 4.69) is 21.2 Å². The van der Waals surface area contributed by atoms with Gasteiger partial charge >= 0.3 is 5.97 Å². The minimum Gasteiger partial charge on any atom is -0.453 e. The standard InChI is InChI=1S/C15H19BrFNO3/c1-9(2)4-7-14(19)21-10(3)15(20)18-13-6-5-11(16)8-12(13)17/h5-6,8-10H,4,7H2,1-3H3,(H,18,20)/t10-/m1/s1. The van der Waals surface area contributed by atoms with Gasteiger partial charge in [-0.15, -0.1) is 0 Å². The first-order chi connectivity index (χ1) is 9.79. The summed E-state index contributed by atoms with van der Waals surface area (Å²) >= 11 is 3.13. The zero-order chi connectivity index (χ0) is 16.0. The van der Waals surface area contributed by atoms with Crippen LogP contribution in [0.4, 0.5) is 10.1 Å². The second-order valence-electron chi connectivity index (χ2n) is 5.18. The molecule has 116 valence electrons. The number of amides is 1. The highest BCUT2D eigenvalue weighted by molar-refractivity contribution is 9.10. The van der Waals surface area contributed by atoms with Gasteiger partial charge in [0, 0.05) is 10.9 Å². The summed E-state index contributed by atoms with van der Waals surface area (Å²) in [7, 11) is 0. The number of hydrogen-bond acceptors (Lipinski definition) is 3. The largest absolute Gasteiger partial charge is 0.453 e. The molecular weight excluding hydrogens is 341 g/mol. The van der Waals surface area contributed by atoms with Crippen molar-refractivity contribution in [2.45, 2.75) is 39.7 Å². The molecule has 1 aromatic carbocycles. The Bertz CT molecular complexity index is 520. The number of benzene rings is 1. The van der Waals surface area contributed by atoms with Crippen molar-refractivity contribution in [3.63, 3.8) is 0 Å². The van der Waals surface area contributed by atoms with Gasteiger partial charge in [0.15, 0.2) is 6.10 Å². The fourth-order valence-corrected chi connectivity index (χ4v) is 1.87. The van der Waals surface area contributed by atoms with E-state index in [1.165, 1.54) is 19.1 Å². The maximum atomic E-state index is 13.6. The number of carbonyl (C=O) groups is 2. The molecule has 0 fully saturated rings. The lowest BCUT2D eigenvalue weighted by atomic mass is 10.1. The van der Waals surface area contributed by atoms with Gasteiger partial charge in [-0.3, -0.25) is 9.59 Å². The lowest BCUT2D eigenvalue weighted by molar-refractivity contribution is -0.153. The second-order valence-corrected chi connectivity index (χ2v) is 6.09. The van der Waals surface area contributed by atoms with Gasteiger partial charge < -0.3 is 10.1 Å². The molecule has 4 nitrogen and oxygen atoms in total. The highest BCUT2D eigenvalue weighted by Crippen LogP contribution is 2.19. The molecule has 0 aromatic heterocycles. The van der Waals surface area contributed by atoms with E-state index >= 15 is 0 Å². The SMILES string of the molecule is CC(C)CCC(=O)O[C@H](C)C(=O)Nc1ccc(Br)cc1F. The topological polar surface area (TPSA) is 55.4 Å². The van der Waals surface area contributed by atoms with Gasteiger partial charge in [-0.25, -0.2) is 4.39 Å². The summed E-state index contributed by atoms with van der Waals surface area (Å²) in [6.07, 6.45) is 0.00361. The first-order valence-electron chi connectivity index (χ1n) is 6.75. The Labute approximate surface area is 132 Å². The Hall–Kier alpha value is -1.43. The van der Waals surface area contributed by atoms with Crippen molar-refractivity contribution in [1.82, 2.24) is 0 Å². The van der Waals surface area contributed by atoms with Crippen LogP contribution in [0.3, 0.4) is 0 Å². The summed E-state index contributed by atoms with van der Waals surface area (Å²) in [5.41, 5.74) is 0.0493. The first kappa shape index (κ1) is 17.6. The molecule has 0 aliphatic rings. The Kier molecular flexibility index (Phi) is 6.81. The molecule has 21 heavy (non-hydrogen) atoms. The van der Waals surface area contributed by atoms with Crippen molar-refractivity contribution < 1.29 is 18.7 Å². The number of carbonyl (C=O) groups excluding carboxylic acids is 2. The van der Waals surface area contributed by atoms with Crippen LogP contribution in [0.1, 0.15) is 33.6 Å². The average Bonchev–Trinajstić information content (AvgIpc) is 2.39. The van der Waals surface area contributed by atoms with E-state index in [0.29, 0.717) is 16.8 Å². The monoisotopic (exact) mass is 359 g/mol. The van der Waals surface area contributed by atoms with Crippen molar-refractivity contribution in [3.05, 3.63) is 28.5 Å². The Morgan fingerprint density at radius 2 is 2.00 bits per heavy atom. The predicted octanol–water partition coefficient (Wildman–Crippen LogP) is 3.89. The smallest absolute Gasteiger partial charge is 0.306 e. The summed E-state index contributed by atoms with van der Waals surface area (Å²) in [5, 5.41) is 2.40. The highest BCUT2D eigenvalue weighted by atomic mass is 79.9. The molecule has 0 heterocycles. The van der Waals surface area contributed by atoms with Crippen LogP contribution in [0.25, 0.3) is 0 Å². The predicted molar refractivity (Wildman–Crippen MR) is 82.4 cm³/mol. The van der Waals surface area contributed by atoms with Crippen LogP contribution in [-0.2, 0) is 14.3 Å². The molecule has 0 bridgehead atoms. The molecule has 1 rings (SSSR count). The first-order valence-corrected chi connectivity index (χ1v) is 7.54. The fourth-order valence-electron chi connectivity index (χ4n) is 1.54. The third-order valence-corrected chi connectivity index (χ3v) is 3.29. The molecule has 0 saturated carbocycles. The van der Waals surface area contributed by atoms with Crippen LogP contribution in [0.5, 0.6) is 0 Å². The molecule has 0 spiro atoms. The van der Waals surface area contributed by atoms with Crippen molar-refractivity contribution >= 4 is 33.5 Å². The van der Waals surface area contributed by atoms with Crippen LogP contribution in [0.15, 0.2) is 22.7 Å². The number of halogens is 2. The number of hydrogen-bond donors (Lipinski definition) is 1. The van der Waals surface area contributed by atoms with Crippen molar-refractivity contribution in [2.24, 2.45) is 5.92 Å². The summed E-state index contributed by atoms with van der Waals surface area (Å²) in [5.74, 6) is -1.16. The molecule has 0 radical (unpaired) electrons. The molecular formula is C15H19BrFNO3. The maximum Gasteiger partial charge on any atom is 0.306 e. The van der Waals surface area contributed by atoms with Crippen LogP contribution in [0, 0.1) is 11.7 Å². The lowest BCUT2D eigenvalue weighted by Crippen LogP contribution is -2.30. The molecule has 6 heteroatoms. The van der Waals surface area contributed by atoms with E-state index in [0.717, 1.165) is 0 Å². The summed E-state index contributed by atoms with van der Waals surface area (Å²) in [4.78, 5) is 23.4. The molecule has 1 atom stereocenters. The Morgan fingerprint density at radius 1 is 1.33 bits per heavy atom. The zero-order valence-electron chi connectivity index (χ0n) is 12.3. The molecule has 1 aromatic rings. The number of esters is 1. The summed E-state index contributed by atoms with van der Waals surface area (Å²) in [6.45, 7) is 5.46. The third-order valence-electron chi connectivity index (χ3n) is 2.79. The minimum absolute atomic E-state index is 0.0493. The Balaban J connectivity index is 2.52. The molecule has 0 unspecified atom stereocenters. The summed E-state index contributed by atoms with van der Waals surface area (Å²) in [6, 6.07) is 4.29. The van der Waals surface area contributed by atoms with Gasteiger partial charge in [-0.05, 0) is 37.5 Å². The van der Waals surface area contributed by atoms with E-state index in [1.807, 2.05) is 13.8 Å². The van der Waals surface area contributed by atoms with Crippen molar-refractivity contribution in [3.8, 4) is 0 Å². The zero-order valence-corrected chi connectivity index (χ0v) is 13.9. The number of ether oxygens (including phenoxy) is 1. The van der Waals surface area contributed by atoms with Crippen LogP contribution in [0.2, 0.25) is 0 Å². The van der Waals surface area contributed by atoms with E-state index < -0.39 is 23.8 Å². The normalized spacial score (nSPS) is 12.1. The number of anilines is 1. The van der Waals surface area contributed by atoms with Gasteiger partial charge in [0.2, 0.25) is 0 Å². The third kappa shape index (κ3) is 6.25. The molecule has 0 saturated heterocycles. The molecule has 0 aliphatic carbocycles. The van der Waals surface area contributed by atoms with E-state index in [9.17, 15) is 14.0 Å². The van der Waals surface area contributed by atoms with Crippen molar-refractivity contribution in [1.29, 1.82) is 0 Å².